The molecule has 1 heterocycles. The number of carboxylic acid groups (broad SMARTS) is 1. The van der Waals surface area contributed by atoms with E-state index in [1.807, 2.05) is 18.1 Å². The van der Waals surface area contributed by atoms with Crippen molar-refractivity contribution in [3.63, 3.8) is 0 Å². The number of fused-ring (bicyclic) bond motifs is 1. The van der Waals surface area contributed by atoms with Crippen LogP contribution >= 0.6 is 11.8 Å². The zero-order valence-electron chi connectivity index (χ0n) is 19.7. The summed E-state index contributed by atoms with van der Waals surface area (Å²) in [5.41, 5.74) is 0.486. The molecule has 0 bridgehead atoms. The first-order chi connectivity index (χ1) is 16.0. The van der Waals surface area contributed by atoms with Crippen LogP contribution in [0.5, 0.6) is 5.75 Å². The van der Waals surface area contributed by atoms with E-state index in [1.54, 1.807) is 13.1 Å². The molecule has 7 nitrogen and oxygen atoms in total. The monoisotopic (exact) mass is 518 g/mol. The maximum absolute atomic E-state index is 13.9. The maximum Gasteiger partial charge on any atom is 0.331 e. The van der Waals surface area contributed by atoms with Crippen molar-refractivity contribution in [2.24, 2.45) is 0 Å². The van der Waals surface area contributed by atoms with Gasteiger partial charge in [0.1, 0.15) is 10.6 Å². The number of benzene rings is 1. The van der Waals surface area contributed by atoms with Gasteiger partial charge in [-0.2, -0.15) is 4.31 Å². The molecule has 1 aliphatic carbocycles. The average Bonchev–Trinajstić information content (AvgIpc) is 2.85. The highest BCUT2D eigenvalue weighted by Crippen LogP contribution is 2.44. The Balaban J connectivity index is 2.12. The number of sulfonamides is 1. The Labute approximate surface area is 204 Å². The zero-order valence-corrected chi connectivity index (χ0v) is 21.3. The normalized spacial score (nSPS) is 23.0. The van der Waals surface area contributed by atoms with Gasteiger partial charge in [0.2, 0.25) is 15.9 Å². The number of carboxylic acids is 1. The first-order valence-electron chi connectivity index (χ1n) is 11.4. The highest BCUT2D eigenvalue weighted by molar-refractivity contribution is 7.98. The van der Waals surface area contributed by atoms with Gasteiger partial charge in [0.05, 0.1) is 22.9 Å². The number of aliphatic carboxylic acids is 1. The second-order valence-electron chi connectivity index (χ2n) is 8.79. The highest BCUT2D eigenvalue weighted by atomic mass is 32.2. The van der Waals surface area contributed by atoms with Gasteiger partial charge in [-0.05, 0) is 31.6 Å². The van der Waals surface area contributed by atoms with Gasteiger partial charge in [0.15, 0.2) is 0 Å². The molecule has 2 aliphatic rings. The summed E-state index contributed by atoms with van der Waals surface area (Å²) in [5.74, 6) is -3.65. The van der Waals surface area contributed by atoms with E-state index in [4.69, 9.17) is 9.84 Å². The Kier molecular flexibility index (Phi) is 8.51. The molecule has 190 valence electrons. The van der Waals surface area contributed by atoms with Crippen molar-refractivity contribution in [1.29, 1.82) is 0 Å². The fourth-order valence-corrected chi connectivity index (χ4v) is 6.67. The summed E-state index contributed by atoms with van der Waals surface area (Å²) in [6, 6.07) is 2.65. The summed E-state index contributed by atoms with van der Waals surface area (Å²) in [6.45, 7) is 2.46. The number of thioether (sulfide) groups is 1. The Morgan fingerprint density at radius 2 is 2.00 bits per heavy atom. The Morgan fingerprint density at radius 1 is 1.32 bits per heavy atom. The van der Waals surface area contributed by atoms with E-state index < -0.39 is 21.9 Å². The van der Waals surface area contributed by atoms with Crippen molar-refractivity contribution in [3.8, 4) is 5.75 Å². The molecular formula is C23H32F2N2O5S2. The molecule has 0 radical (unpaired) electrons. The number of hydrogen-bond acceptors (Lipinski definition) is 6. The van der Waals surface area contributed by atoms with E-state index in [-0.39, 0.29) is 48.4 Å². The lowest BCUT2D eigenvalue weighted by molar-refractivity contribution is -0.131. The van der Waals surface area contributed by atoms with Crippen LogP contribution in [0.4, 0.5) is 14.5 Å². The summed E-state index contributed by atoms with van der Waals surface area (Å²) in [5, 5.41) is 8.85. The molecular weight excluding hydrogens is 486 g/mol. The smallest absolute Gasteiger partial charge is 0.331 e. The number of unbranched alkanes of at least 4 members (excludes halogenated alkanes) is 1. The van der Waals surface area contributed by atoms with Gasteiger partial charge >= 0.3 is 5.97 Å². The number of ether oxygens (including phenoxy) is 1. The molecule has 1 aliphatic heterocycles. The van der Waals surface area contributed by atoms with Crippen LogP contribution in [0.25, 0.3) is 0 Å². The molecule has 1 fully saturated rings. The van der Waals surface area contributed by atoms with Crippen molar-refractivity contribution in [2.45, 2.75) is 79.7 Å². The molecule has 3 rings (SSSR count). The first kappa shape index (κ1) is 26.7. The minimum Gasteiger partial charge on any atom is -0.478 e. The molecule has 1 aromatic carbocycles. The maximum atomic E-state index is 13.9. The number of nitrogens with zero attached hydrogens (tertiary/aromatic N) is 2. The number of hydrogen-bond donors (Lipinski definition) is 1. The van der Waals surface area contributed by atoms with Crippen molar-refractivity contribution in [3.05, 3.63) is 24.5 Å². The van der Waals surface area contributed by atoms with E-state index >= 15 is 0 Å². The molecule has 34 heavy (non-hydrogen) atoms. The van der Waals surface area contributed by atoms with Crippen LogP contribution in [0.1, 0.15) is 51.9 Å². The largest absolute Gasteiger partial charge is 0.478 e. The molecule has 1 unspecified atom stereocenters. The second-order valence-corrected chi connectivity index (χ2v) is 11.6. The lowest BCUT2D eigenvalue weighted by Gasteiger charge is -2.39. The number of halogens is 2. The van der Waals surface area contributed by atoms with Gasteiger partial charge in [0.25, 0.3) is 0 Å². The number of carbonyl (C=O) groups is 1. The lowest BCUT2D eigenvalue weighted by atomic mass is 9.90. The van der Waals surface area contributed by atoms with Crippen LogP contribution in [-0.4, -0.2) is 61.7 Å². The van der Waals surface area contributed by atoms with Crippen LogP contribution in [-0.2, 0) is 14.8 Å². The van der Waals surface area contributed by atoms with E-state index in [1.165, 1.54) is 22.1 Å². The van der Waals surface area contributed by atoms with Crippen molar-refractivity contribution in [1.82, 2.24) is 4.31 Å². The third-order valence-corrected chi connectivity index (χ3v) is 9.26. The SMILES string of the molecule is CCCCC1CN(C2CCC(F)(F)CC2)c2cc(SC)c(O/C=C/C(=O)O)cc2S(=O)(=O)N1C. The van der Waals surface area contributed by atoms with Crippen LogP contribution in [0.3, 0.4) is 0 Å². The summed E-state index contributed by atoms with van der Waals surface area (Å²) in [4.78, 5) is 13.5. The van der Waals surface area contributed by atoms with E-state index in [9.17, 15) is 22.0 Å². The van der Waals surface area contributed by atoms with Crippen molar-refractivity contribution < 1.29 is 31.8 Å². The predicted molar refractivity (Wildman–Crippen MR) is 128 cm³/mol. The summed E-state index contributed by atoms with van der Waals surface area (Å²) in [7, 11) is -2.35. The van der Waals surface area contributed by atoms with Crippen molar-refractivity contribution in [2.75, 3.05) is 24.7 Å². The molecule has 1 N–H and O–H groups in total. The fourth-order valence-electron chi connectivity index (χ4n) is 4.57. The van der Waals surface area contributed by atoms with Gasteiger partial charge in [-0.25, -0.2) is 22.0 Å². The predicted octanol–water partition coefficient (Wildman–Crippen LogP) is 4.96. The van der Waals surface area contributed by atoms with Gasteiger partial charge in [0, 0.05) is 44.6 Å². The molecule has 1 saturated carbocycles. The quantitative estimate of drug-likeness (QED) is 0.296. The standard InChI is InChI=1S/C23H32F2N2O5S2/c1-4-5-6-17-15-27(16-7-10-23(24,25)11-8-16)18-13-20(33-3)19(32-12-9-22(28)29)14-21(18)34(30,31)26(17)2/h9,12-14,16-17H,4-8,10-11,15H2,1-3H3,(H,28,29)/b12-9+. The molecule has 1 aromatic rings. The Hall–Kier alpha value is -1.85. The van der Waals surface area contributed by atoms with Gasteiger partial charge in [-0.3, -0.25) is 0 Å². The zero-order chi connectivity index (χ0) is 25.1. The molecule has 1 atom stereocenters. The third kappa shape index (κ3) is 5.85. The third-order valence-electron chi connectivity index (χ3n) is 6.56. The van der Waals surface area contributed by atoms with E-state index in [2.05, 4.69) is 0 Å². The minimum atomic E-state index is -3.91. The molecule has 11 heteroatoms. The lowest BCUT2D eigenvalue weighted by Crippen LogP contribution is -2.47. The van der Waals surface area contributed by atoms with Crippen molar-refractivity contribution >= 4 is 33.4 Å². The van der Waals surface area contributed by atoms with Gasteiger partial charge in [-0.1, -0.05) is 19.8 Å². The average molecular weight is 519 g/mol. The van der Waals surface area contributed by atoms with Crippen LogP contribution in [0, 0.1) is 0 Å². The summed E-state index contributed by atoms with van der Waals surface area (Å²) in [6.07, 6.45) is 6.19. The van der Waals surface area contributed by atoms with Crippen LogP contribution in [0.15, 0.2) is 34.3 Å². The first-order valence-corrected chi connectivity index (χ1v) is 14.1. The number of alkyl halides is 2. The second kappa shape index (κ2) is 10.8. The summed E-state index contributed by atoms with van der Waals surface area (Å²) < 4.78 is 62.0. The topological polar surface area (TPSA) is 87.1 Å². The van der Waals surface area contributed by atoms with Gasteiger partial charge < -0.3 is 14.7 Å². The Bertz CT molecular complexity index is 1020. The number of likely N-dealkylation sites (N-methyl/N-ethyl adjacent to an activating group) is 1. The number of anilines is 1. The van der Waals surface area contributed by atoms with Gasteiger partial charge in [-0.15, -0.1) is 11.8 Å². The van der Waals surface area contributed by atoms with Crippen LogP contribution < -0.4 is 9.64 Å². The number of rotatable bonds is 8. The summed E-state index contributed by atoms with van der Waals surface area (Å²) >= 11 is 1.34. The molecule has 0 saturated heterocycles. The molecule has 0 spiro atoms. The fraction of sp³-hybridized carbons (Fsp3) is 0.609. The minimum absolute atomic E-state index is 0.0443. The van der Waals surface area contributed by atoms with E-state index in [0.29, 0.717) is 23.5 Å². The van der Waals surface area contributed by atoms with E-state index in [0.717, 1.165) is 25.2 Å². The molecule has 0 amide bonds. The highest BCUT2D eigenvalue weighted by Gasteiger charge is 2.42. The van der Waals surface area contributed by atoms with Crippen LogP contribution in [0.2, 0.25) is 0 Å². The molecule has 0 aromatic heterocycles. The Morgan fingerprint density at radius 3 is 2.59 bits per heavy atom.